The molecule has 3 atom stereocenters. The Morgan fingerprint density at radius 2 is 2.06 bits per heavy atom. The van der Waals surface area contributed by atoms with Crippen LogP contribution in [-0.4, -0.2) is 60.8 Å². The maximum absolute atomic E-state index is 13.8. The lowest BCUT2D eigenvalue weighted by atomic mass is 9.78. The fourth-order valence-corrected chi connectivity index (χ4v) is 5.45. The number of alkyl halides is 3. The van der Waals surface area contributed by atoms with Crippen LogP contribution in [0.25, 0.3) is 0 Å². The summed E-state index contributed by atoms with van der Waals surface area (Å²) in [6.45, 7) is 4.05. The molecule has 1 amide bonds. The van der Waals surface area contributed by atoms with Crippen LogP contribution in [0, 0.1) is 5.41 Å². The lowest BCUT2D eigenvalue weighted by Crippen LogP contribution is -2.51. The summed E-state index contributed by atoms with van der Waals surface area (Å²) in [5.41, 5.74) is -0.326. The van der Waals surface area contributed by atoms with Gasteiger partial charge in [-0.3, -0.25) is 9.78 Å². The fraction of sp³-hybridized carbons (Fsp3) is 0.739. The van der Waals surface area contributed by atoms with E-state index in [1.54, 1.807) is 12.0 Å². The van der Waals surface area contributed by atoms with E-state index in [-0.39, 0.29) is 24.6 Å². The number of nitrogens with one attached hydrogen (secondary N) is 1. The lowest BCUT2D eigenvalue weighted by molar-refractivity contribution is -0.151. The highest BCUT2D eigenvalue weighted by atomic mass is 19.4. The number of amides is 1. The second-order valence-electron chi connectivity index (χ2n) is 9.33. The first kappa shape index (κ1) is 23.4. The van der Waals surface area contributed by atoms with E-state index in [1.165, 1.54) is 0 Å². The number of aromatic nitrogens is 1. The zero-order chi connectivity index (χ0) is 22.9. The molecule has 0 aromatic carbocycles. The van der Waals surface area contributed by atoms with Crippen LogP contribution in [0.15, 0.2) is 12.3 Å². The molecule has 0 bridgehead atoms. The van der Waals surface area contributed by atoms with Crippen LogP contribution in [0.3, 0.4) is 0 Å². The number of carbonyl (C=O) groups excluding carboxylic acids is 1. The molecule has 32 heavy (non-hydrogen) atoms. The van der Waals surface area contributed by atoms with Crippen molar-refractivity contribution in [3.05, 3.63) is 29.1 Å². The van der Waals surface area contributed by atoms with Gasteiger partial charge in [0.2, 0.25) is 5.91 Å². The van der Waals surface area contributed by atoms with Crippen molar-refractivity contribution in [1.82, 2.24) is 15.2 Å². The molecule has 9 heteroatoms. The molecule has 1 saturated carbocycles. The smallest absolute Gasteiger partial charge is 0.381 e. The Kier molecular flexibility index (Phi) is 6.79. The summed E-state index contributed by atoms with van der Waals surface area (Å²) < 4.78 is 50.6. The topological polar surface area (TPSA) is 63.7 Å². The molecule has 6 nitrogen and oxygen atoms in total. The molecule has 2 fully saturated rings. The van der Waals surface area contributed by atoms with E-state index < -0.39 is 17.2 Å². The summed E-state index contributed by atoms with van der Waals surface area (Å²) in [6.07, 6.45) is 0.791. The van der Waals surface area contributed by atoms with Gasteiger partial charge in [-0.25, -0.2) is 0 Å². The van der Waals surface area contributed by atoms with Gasteiger partial charge in [-0.2, -0.15) is 13.2 Å². The van der Waals surface area contributed by atoms with E-state index in [2.05, 4.69) is 10.3 Å². The molecule has 1 aromatic heterocycles. The normalized spacial score (nSPS) is 27.9. The van der Waals surface area contributed by atoms with Crippen molar-refractivity contribution in [3.8, 4) is 0 Å². The Labute approximate surface area is 186 Å². The number of rotatable bonds is 5. The molecule has 3 heterocycles. The van der Waals surface area contributed by atoms with Gasteiger partial charge in [-0.05, 0) is 50.7 Å². The van der Waals surface area contributed by atoms with Crippen molar-refractivity contribution in [2.45, 2.75) is 76.4 Å². The largest absolute Gasteiger partial charge is 0.417 e. The van der Waals surface area contributed by atoms with Crippen LogP contribution < -0.4 is 5.32 Å². The Bertz CT molecular complexity index is 828. The number of methoxy groups -OCH3 is 1. The first-order valence-corrected chi connectivity index (χ1v) is 11.4. The predicted molar refractivity (Wildman–Crippen MR) is 112 cm³/mol. The third-order valence-electron chi connectivity index (χ3n) is 7.45. The minimum Gasteiger partial charge on any atom is -0.381 e. The zero-order valence-electron chi connectivity index (χ0n) is 18.7. The number of hydrogen-bond donors (Lipinski definition) is 1. The number of fused-ring (bicyclic) bond motifs is 1. The molecule has 1 aromatic rings. The number of ether oxygens (including phenoxy) is 2. The van der Waals surface area contributed by atoms with Gasteiger partial charge in [-0.1, -0.05) is 0 Å². The van der Waals surface area contributed by atoms with Gasteiger partial charge >= 0.3 is 6.18 Å². The van der Waals surface area contributed by atoms with Gasteiger partial charge in [0, 0.05) is 63.8 Å². The Morgan fingerprint density at radius 3 is 2.75 bits per heavy atom. The van der Waals surface area contributed by atoms with E-state index in [0.717, 1.165) is 44.7 Å². The fourth-order valence-electron chi connectivity index (χ4n) is 5.45. The summed E-state index contributed by atoms with van der Waals surface area (Å²) in [5.74, 6) is -0.0220. The first-order valence-electron chi connectivity index (χ1n) is 11.4. The predicted octanol–water partition coefficient (Wildman–Crippen LogP) is 3.33. The maximum Gasteiger partial charge on any atom is 0.417 e. The van der Waals surface area contributed by atoms with E-state index in [1.807, 2.05) is 6.92 Å². The van der Waals surface area contributed by atoms with Gasteiger partial charge in [-0.15, -0.1) is 0 Å². The Morgan fingerprint density at radius 1 is 1.31 bits per heavy atom. The van der Waals surface area contributed by atoms with Gasteiger partial charge in [0.05, 0.1) is 17.1 Å². The summed E-state index contributed by atoms with van der Waals surface area (Å²) >= 11 is 0. The average Bonchev–Trinajstić information content (AvgIpc) is 3.22. The molecule has 1 aliphatic carbocycles. The standard InChI is InChI=1S/C23H32F3N3O3/c1-15(31-2)22(7-3-19(12-22)28-18-5-9-32-10-6-18)21(30)29-8-4-20-16(14-29)11-17(13-27-20)23(24,25)26/h11,13,15,18-19,28H,3-10,12,14H2,1-2H3/t15?,19-,22+/m1/s1. The molecule has 0 spiro atoms. The van der Waals surface area contributed by atoms with Crippen LogP contribution in [0.2, 0.25) is 0 Å². The minimum absolute atomic E-state index is 0.0220. The van der Waals surface area contributed by atoms with E-state index in [0.29, 0.717) is 43.1 Å². The number of nitrogens with zero attached hydrogens (tertiary/aromatic N) is 2. The summed E-state index contributed by atoms with van der Waals surface area (Å²) in [7, 11) is 1.62. The second kappa shape index (κ2) is 9.27. The van der Waals surface area contributed by atoms with Gasteiger partial charge in [0.15, 0.2) is 0 Å². The van der Waals surface area contributed by atoms with E-state index >= 15 is 0 Å². The van der Waals surface area contributed by atoms with Crippen LogP contribution in [-0.2, 0) is 33.4 Å². The molecule has 1 unspecified atom stereocenters. The van der Waals surface area contributed by atoms with Crippen molar-refractivity contribution < 1.29 is 27.4 Å². The molecule has 2 aliphatic heterocycles. The molecular weight excluding hydrogens is 423 g/mol. The summed E-state index contributed by atoms with van der Waals surface area (Å²) in [5, 5.41) is 3.71. The van der Waals surface area contributed by atoms with Crippen molar-refractivity contribution >= 4 is 5.91 Å². The van der Waals surface area contributed by atoms with Crippen molar-refractivity contribution in [2.24, 2.45) is 5.41 Å². The second-order valence-corrected chi connectivity index (χ2v) is 9.33. The minimum atomic E-state index is -4.45. The maximum atomic E-state index is 13.8. The van der Waals surface area contributed by atoms with Gasteiger partial charge in [0.25, 0.3) is 0 Å². The molecule has 4 rings (SSSR count). The SMILES string of the molecule is COC(C)[C@]1(C(=O)N2CCc3ncc(C(F)(F)F)cc3C2)CC[C@@H](NC2CCOCC2)C1. The molecule has 178 valence electrons. The van der Waals surface area contributed by atoms with Crippen LogP contribution >= 0.6 is 0 Å². The molecular formula is C23H32F3N3O3. The molecule has 1 N–H and O–H groups in total. The monoisotopic (exact) mass is 455 g/mol. The molecule has 1 saturated heterocycles. The highest BCUT2D eigenvalue weighted by molar-refractivity contribution is 5.84. The van der Waals surface area contributed by atoms with Crippen LogP contribution in [0.4, 0.5) is 13.2 Å². The van der Waals surface area contributed by atoms with Crippen molar-refractivity contribution in [3.63, 3.8) is 0 Å². The Hall–Kier alpha value is -1.71. The van der Waals surface area contributed by atoms with Crippen LogP contribution in [0.1, 0.15) is 55.8 Å². The number of halogens is 3. The number of carbonyl (C=O) groups is 1. The van der Waals surface area contributed by atoms with Crippen molar-refractivity contribution in [1.29, 1.82) is 0 Å². The molecule has 0 radical (unpaired) electrons. The van der Waals surface area contributed by atoms with Gasteiger partial charge in [0.1, 0.15) is 0 Å². The average molecular weight is 456 g/mol. The van der Waals surface area contributed by atoms with E-state index in [4.69, 9.17) is 9.47 Å². The highest BCUT2D eigenvalue weighted by Crippen LogP contribution is 2.45. The number of pyridine rings is 1. The lowest BCUT2D eigenvalue weighted by Gasteiger charge is -2.40. The summed E-state index contributed by atoms with van der Waals surface area (Å²) in [4.78, 5) is 19.5. The quantitative estimate of drug-likeness (QED) is 0.738. The first-order chi connectivity index (χ1) is 15.2. The highest BCUT2D eigenvalue weighted by Gasteiger charge is 2.51. The van der Waals surface area contributed by atoms with E-state index in [9.17, 15) is 18.0 Å². The van der Waals surface area contributed by atoms with Crippen LogP contribution in [0.5, 0.6) is 0 Å². The van der Waals surface area contributed by atoms with Crippen molar-refractivity contribution in [2.75, 3.05) is 26.9 Å². The molecule has 3 aliphatic rings. The third-order valence-corrected chi connectivity index (χ3v) is 7.45. The number of hydrogen-bond acceptors (Lipinski definition) is 5. The third kappa shape index (κ3) is 4.65. The zero-order valence-corrected chi connectivity index (χ0v) is 18.7. The summed E-state index contributed by atoms with van der Waals surface area (Å²) in [6, 6.07) is 1.75. The Balaban J connectivity index is 1.50. The van der Waals surface area contributed by atoms with Gasteiger partial charge < -0.3 is 19.7 Å².